The number of aromatic carboxylic acids is 1. The average Bonchev–Trinajstić information content (AvgIpc) is 3.05. The first-order valence-electron chi connectivity index (χ1n) is 8.41. The zero-order valence-electron chi connectivity index (χ0n) is 14.9. The molecule has 1 aromatic carbocycles. The third-order valence-electron chi connectivity index (χ3n) is 3.79. The van der Waals surface area contributed by atoms with Crippen LogP contribution in [0.15, 0.2) is 36.4 Å². The number of carboxylic acid groups (broad SMARTS) is 1. The minimum absolute atomic E-state index is 0.295. The van der Waals surface area contributed by atoms with Crippen LogP contribution >= 0.6 is 22.9 Å². The number of rotatable bonds is 11. The molecule has 0 saturated heterocycles. The zero-order valence-corrected chi connectivity index (χ0v) is 17.3. The van der Waals surface area contributed by atoms with Gasteiger partial charge in [-0.05, 0) is 49.6 Å². The number of hydrogen-bond acceptors (Lipinski definition) is 5. The SMILES string of the molecule is CS(=O)(=O)N(CCCOc1cccc(Cl)c1)CCCc1ccc(C(=O)O)s1. The Labute approximate surface area is 168 Å². The van der Waals surface area contributed by atoms with Crippen molar-refractivity contribution in [2.75, 3.05) is 26.0 Å². The van der Waals surface area contributed by atoms with Crippen molar-refractivity contribution in [2.45, 2.75) is 19.3 Å². The second-order valence-electron chi connectivity index (χ2n) is 6.00. The minimum Gasteiger partial charge on any atom is -0.493 e. The first-order chi connectivity index (χ1) is 12.8. The second-order valence-corrected chi connectivity index (χ2v) is 9.58. The van der Waals surface area contributed by atoms with Crippen molar-refractivity contribution in [3.8, 4) is 5.75 Å². The monoisotopic (exact) mass is 431 g/mol. The molecular weight excluding hydrogens is 410 g/mol. The van der Waals surface area contributed by atoms with Gasteiger partial charge in [-0.1, -0.05) is 17.7 Å². The molecule has 1 heterocycles. The fourth-order valence-corrected chi connectivity index (χ4v) is 4.48. The summed E-state index contributed by atoms with van der Waals surface area (Å²) in [5.41, 5.74) is 0. The molecule has 0 fully saturated rings. The van der Waals surface area contributed by atoms with Crippen LogP contribution in [0.3, 0.4) is 0 Å². The summed E-state index contributed by atoms with van der Waals surface area (Å²) in [5.74, 6) is -0.288. The molecule has 0 bridgehead atoms. The van der Waals surface area contributed by atoms with E-state index in [9.17, 15) is 13.2 Å². The number of halogens is 1. The lowest BCUT2D eigenvalue weighted by molar-refractivity contribution is 0.0702. The molecule has 0 atom stereocenters. The van der Waals surface area contributed by atoms with E-state index in [1.54, 1.807) is 36.4 Å². The molecule has 1 aromatic heterocycles. The molecule has 0 radical (unpaired) electrons. The van der Waals surface area contributed by atoms with Crippen LogP contribution in [0, 0.1) is 0 Å². The fraction of sp³-hybridized carbons (Fsp3) is 0.389. The van der Waals surface area contributed by atoms with E-state index in [4.69, 9.17) is 21.4 Å². The van der Waals surface area contributed by atoms with Crippen LogP contribution in [-0.4, -0.2) is 49.8 Å². The first-order valence-corrected chi connectivity index (χ1v) is 11.5. The van der Waals surface area contributed by atoms with E-state index in [-0.39, 0.29) is 0 Å². The highest BCUT2D eigenvalue weighted by molar-refractivity contribution is 7.88. The largest absolute Gasteiger partial charge is 0.493 e. The van der Waals surface area contributed by atoms with E-state index in [2.05, 4.69) is 0 Å². The Bertz CT molecular complexity index is 866. The van der Waals surface area contributed by atoms with Crippen molar-refractivity contribution in [3.05, 3.63) is 51.2 Å². The fourth-order valence-electron chi connectivity index (χ4n) is 2.49. The van der Waals surface area contributed by atoms with E-state index in [0.29, 0.717) is 54.6 Å². The standard InChI is InChI=1S/C18H22ClNO5S2/c1-27(23,24)20(10-3-7-16-8-9-17(26-16)18(21)22)11-4-12-25-15-6-2-5-14(19)13-15/h2,5-6,8-9,13H,3-4,7,10-12H2,1H3,(H,21,22). The summed E-state index contributed by atoms with van der Waals surface area (Å²) in [6.45, 7) is 1.14. The average molecular weight is 432 g/mol. The van der Waals surface area contributed by atoms with Gasteiger partial charge in [-0.25, -0.2) is 17.5 Å². The smallest absolute Gasteiger partial charge is 0.345 e. The summed E-state index contributed by atoms with van der Waals surface area (Å²) in [4.78, 5) is 12.1. The molecule has 0 amide bonds. The Morgan fingerprint density at radius 3 is 2.59 bits per heavy atom. The summed E-state index contributed by atoms with van der Waals surface area (Å²) in [7, 11) is -3.31. The topological polar surface area (TPSA) is 83.9 Å². The summed E-state index contributed by atoms with van der Waals surface area (Å²) in [5, 5.41) is 9.53. The Balaban J connectivity index is 1.78. The van der Waals surface area contributed by atoms with Crippen molar-refractivity contribution < 1.29 is 23.1 Å². The highest BCUT2D eigenvalue weighted by atomic mass is 35.5. The van der Waals surface area contributed by atoms with Gasteiger partial charge in [-0.2, -0.15) is 0 Å². The van der Waals surface area contributed by atoms with Gasteiger partial charge in [0.1, 0.15) is 10.6 Å². The lowest BCUT2D eigenvalue weighted by Crippen LogP contribution is -2.33. The zero-order chi connectivity index (χ0) is 19.9. The second kappa shape index (κ2) is 10.1. The van der Waals surface area contributed by atoms with Crippen molar-refractivity contribution in [1.82, 2.24) is 4.31 Å². The van der Waals surface area contributed by atoms with Gasteiger partial charge in [-0.3, -0.25) is 0 Å². The molecule has 0 spiro atoms. The van der Waals surface area contributed by atoms with Crippen molar-refractivity contribution >= 4 is 38.9 Å². The Morgan fingerprint density at radius 1 is 1.22 bits per heavy atom. The molecule has 0 unspecified atom stereocenters. The molecule has 1 N–H and O–H groups in total. The minimum atomic E-state index is -3.31. The van der Waals surface area contributed by atoms with Gasteiger partial charge >= 0.3 is 5.97 Å². The molecular formula is C18H22ClNO5S2. The number of hydrogen-bond donors (Lipinski definition) is 1. The number of carbonyl (C=O) groups is 1. The van der Waals surface area contributed by atoms with Gasteiger partial charge in [0.15, 0.2) is 0 Å². The Hall–Kier alpha value is -1.61. The number of thiophene rings is 1. The van der Waals surface area contributed by atoms with Gasteiger partial charge in [0.25, 0.3) is 0 Å². The van der Waals surface area contributed by atoms with Crippen LogP contribution in [0.5, 0.6) is 5.75 Å². The van der Waals surface area contributed by atoms with Gasteiger partial charge in [0.05, 0.1) is 12.9 Å². The van der Waals surface area contributed by atoms with Crippen LogP contribution in [0.25, 0.3) is 0 Å². The lowest BCUT2D eigenvalue weighted by atomic mass is 10.2. The molecule has 0 aliphatic carbocycles. The highest BCUT2D eigenvalue weighted by Crippen LogP contribution is 2.19. The molecule has 9 heteroatoms. The maximum Gasteiger partial charge on any atom is 0.345 e. The maximum absolute atomic E-state index is 12.0. The first kappa shape index (κ1) is 21.7. The Morgan fingerprint density at radius 2 is 1.96 bits per heavy atom. The highest BCUT2D eigenvalue weighted by Gasteiger charge is 2.16. The molecule has 2 rings (SSSR count). The normalized spacial score (nSPS) is 11.7. The van der Waals surface area contributed by atoms with E-state index in [1.165, 1.54) is 21.9 Å². The van der Waals surface area contributed by atoms with Crippen LogP contribution in [-0.2, 0) is 16.4 Å². The van der Waals surface area contributed by atoms with Gasteiger partial charge in [0, 0.05) is 23.0 Å². The molecule has 6 nitrogen and oxygen atoms in total. The number of sulfonamides is 1. The number of carboxylic acids is 1. The van der Waals surface area contributed by atoms with Crippen molar-refractivity contribution in [3.63, 3.8) is 0 Å². The third kappa shape index (κ3) is 7.50. The Kier molecular flexibility index (Phi) is 8.09. The predicted molar refractivity (Wildman–Crippen MR) is 108 cm³/mol. The number of aryl methyl sites for hydroxylation is 1. The number of ether oxygens (including phenoxy) is 1. The van der Waals surface area contributed by atoms with E-state index in [1.807, 2.05) is 0 Å². The lowest BCUT2D eigenvalue weighted by Gasteiger charge is -2.19. The van der Waals surface area contributed by atoms with E-state index < -0.39 is 16.0 Å². The summed E-state index contributed by atoms with van der Waals surface area (Å²) in [6, 6.07) is 10.4. The van der Waals surface area contributed by atoms with Crippen LogP contribution in [0.2, 0.25) is 5.02 Å². The van der Waals surface area contributed by atoms with Gasteiger partial charge < -0.3 is 9.84 Å². The van der Waals surface area contributed by atoms with E-state index in [0.717, 1.165) is 4.88 Å². The third-order valence-corrected chi connectivity index (χ3v) is 6.46. The predicted octanol–water partition coefficient (Wildman–Crippen LogP) is 3.76. The van der Waals surface area contributed by atoms with E-state index >= 15 is 0 Å². The van der Waals surface area contributed by atoms with Gasteiger partial charge in [0.2, 0.25) is 10.0 Å². The molecule has 0 saturated carbocycles. The molecule has 2 aromatic rings. The molecule has 27 heavy (non-hydrogen) atoms. The summed E-state index contributed by atoms with van der Waals surface area (Å²) in [6.07, 6.45) is 3.02. The van der Waals surface area contributed by atoms with Crippen LogP contribution in [0.1, 0.15) is 27.4 Å². The summed E-state index contributed by atoms with van der Waals surface area (Å²) < 4.78 is 31.0. The number of benzene rings is 1. The summed E-state index contributed by atoms with van der Waals surface area (Å²) >= 11 is 7.12. The molecule has 0 aliphatic rings. The van der Waals surface area contributed by atoms with Crippen LogP contribution in [0.4, 0.5) is 0 Å². The maximum atomic E-state index is 12.0. The molecule has 0 aliphatic heterocycles. The quantitative estimate of drug-likeness (QED) is 0.547. The van der Waals surface area contributed by atoms with Gasteiger partial charge in [-0.15, -0.1) is 11.3 Å². The van der Waals surface area contributed by atoms with Crippen LogP contribution < -0.4 is 4.74 Å². The number of nitrogens with zero attached hydrogens (tertiary/aromatic N) is 1. The molecule has 148 valence electrons. The van der Waals surface area contributed by atoms with Crippen molar-refractivity contribution in [1.29, 1.82) is 0 Å². The van der Waals surface area contributed by atoms with Crippen molar-refractivity contribution in [2.24, 2.45) is 0 Å².